The van der Waals surface area contributed by atoms with Crippen molar-refractivity contribution in [1.29, 1.82) is 0 Å². The molecular formula is C22H23NO6S. The summed E-state index contributed by atoms with van der Waals surface area (Å²) in [6.45, 7) is 1.45. The lowest BCUT2D eigenvalue weighted by Gasteiger charge is -2.26. The summed E-state index contributed by atoms with van der Waals surface area (Å²) in [5, 5.41) is 0. The molecule has 0 spiro atoms. The number of hydrogen-bond acceptors (Lipinski definition) is 6. The molecule has 0 unspecified atom stereocenters. The second-order valence-electron chi connectivity index (χ2n) is 7.33. The van der Waals surface area contributed by atoms with Crippen molar-refractivity contribution in [3.05, 3.63) is 71.3 Å². The van der Waals surface area contributed by atoms with Crippen LogP contribution in [0.4, 0.5) is 0 Å². The van der Waals surface area contributed by atoms with Gasteiger partial charge in [0.05, 0.1) is 17.1 Å². The Bertz CT molecular complexity index is 1050. The van der Waals surface area contributed by atoms with Gasteiger partial charge in [-0.2, -0.15) is 0 Å². The lowest BCUT2D eigenvalue weighted by molar-refractivity contribution is -0.140. The van der Waals surface area contributed by atoms with Crippen LogP contribution >= 0.6 is 0 Å². The number of benzene rings is 2. The highest BCUT2D eigenvalue weighted by Gasteiger charge is 2.35. The van der Waals surface area contributed by atoms with E-state index >= 15 is 0 Å². The van der Waals surface area contributed by atoms with Gasteiger partial charge in [-0.25, -0.2) is 13.2 Å². The number of carbonyl (C=O) groups excluding carboxylic acids is 3. The largest absolute Gasteiger partial charge is 0.449 e. The number of amides is 1. The van der Waals surface area contributed by atoms with Gasteiger partial charge in [0, 0.05) is 24.2 Å². The van der Waals surface area contributed by atoms with Crippen molar-refractivity contribution >= 4 is 27.5 Å². The van der Waals surface area contributed by atoms with Crippen molar-refractivity contribution in [2.45, 2.75) is 25.5 Å². The summed E-state index contributed by atoms with van der Waals surface area (Å²) >= 11 is 0. The van der Waals surface area contributed by atoms with E-state index < -0.39 is 33.9 Å². The van der Waals surface area contributed by atoms with Crippen molar-refractivity contribution in [2.24, 2.45) is 0 Å². The quantitative estimate of drug-likeness (QED) is 0.515. The third-order valence-electron chi connectivity index (χ3n) is 5.15. The minimum Gasteiger partial charge on any atom is -0.449 e. The highest BCUT2D eigenvalue weighted by molar-refractivity contribution is 7.91. The molecule has 0 aliphatic carbocycles. The molecule has 1 amide bonds. The Hall–Kier alpha value is -3.00. The van der Waals surface area contributed by atoms with Crippen molar-refractivity contribution in [3.63, 3.8) is 0 Å². The van der Waals surface area contributed by atoms with Gasteiger partial charge in [-0.3, -0.25) is 9.59 Å². The fourth-order valence-corrected chi connectivity index (χ4v) is 5.11. The summed E-state index contributed by atoms with van der Waals surface area (Å²) < 4.78 is 28.5. The Morgan fingerprint density at radius 2 is 1.53 bits per heavy atom. The third kappa shape index (κ3) is 4.94. The van der Waals surface area contributed by atoms with Crippen LogP contribution in [0.3, 0.4) is 0 Å². The highest BCUT2D eigenvalue weighted by Crippen LogP contribution is 2.18. The van der Waals surface area contributed by atoms with Gasteiger partial charge in [-0.05, 0) is 25.5 Å². The zero-order chi connectivity index (χ0) is 21.9. The SMILES string of the molecule is C[C@H](OC(=O)c1ccc(C(=O)c2ccccc2)cc1)C(=O)N(C)[C@@H]1CCS(=O)(=O)C1. The molecule has 2 atom stereocenters. The number of ether oxygens (including phenoxy) is 1. The monoisotopic (exact) mass is 429 g/mol. The van der Waals surface area contributed by atoms with Gasteiger partial charge in [0.1, 0.15) is 0 Å². The predicted molar refractivity (Wildman–Crippen MR) is 111 cm³/mol. The van der Waals surface area contributed by atoms with Crippen LogP contribution in [0.25, 0.3) is 0 Å². The molecule has 8 heteroatoms. The second-order valence-corrected chi connectivity index (χ2v) is 9.55. The molecule has 158 valence electrons. The maximum atomic E-state index is 12.5. The molecule has 7 nitrogen and oxygen atoms in total. The first-order valence-corrected chi connectivity index (χ1v) is 11.4. The molecule has 0 N–H and O–H groups in total. The van der Waals surface area contributed by atoms with Gasteiger partial charge in [0.15, 0.2) is 21.7 Å². The minimum atomic E-state index is -3.13. The fourth-order valence-electron chi connectivity index (χ4n) is 3.34. The van der Waals surface area contributed by atoms with Crippen LogP contribution in [0.1, 0.15) is 39.6 Å². The Labute approximate surface area is 175 Å². The predicted octanol–water partition coefficient (Wildman–Crippen LogP) is 2.11. The van der Waals surface area contributed by atoms with Gasteiger partial charge in [-0.1, -0.05) is 42.5 Å². The molecule has 0 bridgehead atoms. The van der Waals surface area contributed by atoms with Crippen LogP contribution in [0.2, 0.25) is 0 Å². The van der Waals surface area contributed by atoms with Crippen LogP contribution in [0.15, 0.2) is 54.6 Å². The Kier molecular flexibility index (Phi) is 6.36. The number of sulfone groups is 1. The van der Waals surface area contributed by atoms with E-state index in [2.05, 4.69) is 0 Å². The lowest BCUT2D eigenvalue weighted by atomic mass is 10.0. The standard InChI is InChI=1S/C22H23NO6S/c1-15(21(25)23(2)19-12-13-30(27,28)14-19)29-22(26)18-10-8-17(9-11-18)20(24)16-6-4-3-5-7-16/h3-11,15,19H,12-14H2,1-2H3/t15-,19+/m0/s1. The summed E-state index contributed by atoms with van der Waals surface area (Å²) in [5.74, 6) is -1.33. The number of hydrogen-bond donors (Lipinski definition) is 0. The molecule has 0 radical (unpaired) electrons. The van der Waals surface area contributed by atoms with Crippen molar-refractivity contribution < 1.29 is 27.5 Å². The fraction of sp³-hybridized carbons (Fsp3) is 0.318. The van der Waals surface area contributed by atoms with Gasteiger partial charge in [-0.15, -0.1) is 0 Å². The summed E-state index contributed by atoms with van der Waals surface area (Å²) in [6.07, 6.45) is -0.682. The lowest BCUT2D eigenvalue weighted by Crippen LogP contribution is -2.44. The normalized spacial score (nSPS) is 18.4. The third-order valence-corrected chi connectivity index (χ3v) is 6.90. The number of rotatable bonds is 6. The topological polar surface area (TPSA) is 97.8 Å². The van der Waals surface area contributed by atoms with E-state index in [1.807, 2.05) is 6.07 Å². The Balaban J connectivity index is 1.61. The molecule has 2 aromatic rings. The molecule has 30 heavy (non-hydrogen) atoms. The van der Waals surface area contributed by atoms with Crippen LogP contribution in [0.5, 0.6) is 0 Å². The Morgan fingerprint density at radius 1 is 0.967 bits per heavy atom. The molecular weight excluding hydrogens is 406 g/mol. The average molecular weight is 429 g/mol. The maximum Gasteiger partial charge on any atom is 0.338 e. The van der Waals surface area contributed by atoms with Gasteiger partial charge >= 0.3 is 5.97 Å². The number of likely N-dealkylation sites (N-methyl/N-ethyl adjacent to an activating group) is 1. The first kappa shape index (κ1) is 21.7. The van der Waals surface area contributed by atoms with Gasteiger partial charge in [0.25, 0.3) is 5.91 Å². The summed E-state index contributed by atoms with van der Waals surface area (Å²) in [5.41, 5.74) is 1.19. The Morgan fingerprint density at radius 3 is 2.10 bits per heavy atom. The molecule has 2 aromatic carbocycles. The summed E-state index contributed by atoms with van der Waals surface area (Å²) in [7, 11) is -1.61. The first-order valence-electron chi connectivity index (χ1n) is 9.56. The minimum absolute atomic E-state index is 0.0531. The van der Waals surface area contributed by atoms with Crippen LogP contribution < -0.4 is 0 Å². The van der Waals surface area contributed by atoms with Gasteiger partial charge in [0.2, 0.25) is 0 Å². The molecule has 1 saturated heterocycles. The van der Waals surface area contributed by atoms with E-state index in [0.717, 1.165) is 0 Å². The highest BCUT2D eigenvalue weighted by atomic mass is 32.2. The van der Waals surface area contributed by atoms with E-state index in [9.17, 15) is 22.8 Å². The van der Waals surface area contributed by atoms with E-state index in [-0.39, 0.29) is 22.9 Å². The number of ketones is 1. The van der Waals surface area contributed by atoms with E-state index in [1.165, 1.54) is 43.1 Å². The van der Waals surface area contributed by atoms with Crippen molar-refractivity contribution in [1.82, 2.24) is 4.90 Å². The maximum absolute atomic E-state index is 12.5. The molecule has 1 aliphatic heterocycles. The molecule has 1 aliphatic rings. The molecule has 0 saturated carbocycles. The van der Waals surface area contributed by atoms with E-state index in [0.29, 0.717) is 17.5 Å². The summed E-state index contributed by atoms with van der Waals surface area (Å²) in [4.78, 5) is 38.7. The average Bonchev–Trinajstić information content (AvgIpc) is 3.12. The molecule has 0 aromatic heterocycles. The van der Waals surface area contributed by atoms with Crippen LogP contribution in [0, 0.1) is 0 Å². The zero-order valence-electron chi connectivity index (χ0n) is 16.8. The number of nitrogens with zero attached hydrogens (tertiary/aromatic N) is 1. The second kappa shape index (κ2) is 8.79. The van der Waals surface area contributed by atoms with E-state index in [1.54, 1.807) is 24.3 Å². The first-order chi connectivity index (χ1) is 14.2. The van der Waals surface area contributed by atoms with Gasteiger partial charge < -0.3 is 9.64 Å². The zero-order valence-corrected chi connectivity index (χ0v) is 17.6. The number of carbonyl (C=O) groups is 3. The summed E-state index contributed by atoms with van der Waals surface area (Å²) in [6, 6.07) is 14.4. The molecule has 1 heterocycles. The van der Waals surface area contributed by atoms with E-state index in [4.69, 9.17) is 4.74 Å². The van der Waals surface area contributed by atoms with Crippen LogP contribution in [-0.4, -0.2) is 61.7 Å². The smallest absolute Gasteiger partial charge is 0.338 e. The molecule has 1 fully saturated rings. The van der Waals surface area contributed by atoms with Crippen molar-refractivity contribution in [3.8, 4) is 0 Å². The number of esters is 1. The van der Waals surface area contributed by atoms with Crippen LogP contribution in [-0.2, 0) is 19.4 Å². The molecule has 3 rings (SSSR count). The van der Waals surface area contributed by atoms with Crippen molar-refractivity contribution in [2.75, 3.05) is 18.6 Å².